The van der Waals surface area contributed by atoms with Gasteiger partial charge in [0.25, 0.3) is 5.91 Å². The minimum Gasteiger partial charge on any atom is -0.445 e. The predicted octanol–water partition coefficient (Wildman–Crippen LogP) is 3.82. The molecule has 1 aliphatic rings. The number of aromatic nitrogens is 1. The largest absolute Gasteiger partial charge is 0.445 e. The number of carbonyl (C=O) groups is 2. The first-order valence-electron chi connectivity index (χ1n) is 9.28. The molecule has 0 radical (unpaired) electrons. The number of rotatable bonds is 4. The molecule has 0 bridgehead atoms. The van der Waals surface area contributed by atoms with Gasteiger partial charge in [0.15, 0.2) is 11.6 Å². The number of nitrogens with zero attached hydrogens (tertiary/aromatic N) is 3. The Labute approximate surface area is 169 Å². The summed E-state index contributed by atoms with van der Waals surface area (Å²) in [4.78, 5) is 33.6. The van der Waals surface area contributed by atoms with E-state index in [9.17, 15) is 9.59 Å². The summed E-state index contributed by atoms with van der Waals surface area (Å²) in [5.74, 6) is 1.10. The standard InChI is InChI=1S/C20H26N4O3S/c1-13-17(19(25)23(2)3)22-18(27-13)14-8-10-24(11-9-14)20(26)21-15-6-5-7-16(12-15)28-4/h5-7,12,14H,8-11H2,1-4H3,(H,21,26). The van der Waals surface area contributed by atoms with Gasteiger partial charge < -0.3 is 19.5 Å². The van der Waals surface area contributed by atoms with Crippen LogP contribution in [0.2, 0.25) is 0 Å². The fourth-order valence-corrected chi connectivity index (χ4v) is 3.69. The van der Waals surface area contributed by atoms with Gasteiger partial charge in [-0.2, -0.15) is 0 Å². The van der Waals surface area contributed by atoms with Crippen LogP contribution in [0.3, 0.4) is 0 Å². The monoisotopic (exact) mass is 402 g/mol. The Bertz CT molecular complexity index is 857. The molecule has 1 aromatic heterocycles. The SMILES string of the molecule is CSc1cccc(NC(=O)N2CCC(c3nc(C(=O)N(C)C)c(C)o3)CC2)c1. The Morgan fingerprint density at radius 3 is 2.64 bits per heavy atom. The number of piperidine rings is 1. The van der Waals surface area contributed by atoms with E-state index in [1.807, 2.05) is 35.4 Å². The van der Waals surface area contributed by atoms with E-state index in [0.29, 0.717) is 30.4 Å². The van der Waals surface area contributed by atoms with Gasteiger partial charge in [0.1, 0.15) is 5.76 Å². The van der Waals surface area contributed by atoms with Crippen LogP contribution in [0.1, 0.15) is 40.9 Å². The highest BCUT2D eigenvalue weighted by Gasteiger charge is 2.29. The molecule has 3 rings (SSSR count). The Kier molecular flexibility index (Phi) is 6.28. The highest BCUT2D eigenvalue weighted by Crippen LogP contribution is 2.29. The Morgan fingerprint density at radius 1 is 1.29 bits per heavy atom. The Morgan fingerprint density at radius 2 is 2.00 bits per heavy atom. The molecule has 0 spiro atoms. The predicted molar refractivity (Wildman–Crippen MR) is 110 cm³/mol. The van der Waals surface area contributed by atoms with Crippen molar-refractivity contribution in [2.24, 2.45) is 0 Å². The molecule has 0 atom stereocenters. The van der Waals surface area contributed by atoms with E-state index in [0.717, 1.165) is 23.4 Å². The molecule has 150 valence electrons. The zero-order valence-electron chi connectivity index (χ0n) is 16.7. The first-order valence-corrected chi connectivity index (χ1v) is 10.5. The zero-order chi connectivity index (χ0) is 20.3. The third-order valence-electron chi connectivity index (χ3n) is 4.87. The summed E-state index contributed by atoms with van der Waals surface area (Å²) >= 11 is 1.64. The fraction of sp³-hybridized carbons (Fsp3) is 0.450. The molecule has 1 N–H and O–H groups in total. The van der Waals surface area contributed by atoms with Gasteiger partial charge in [-0.3, -0.25) is 4.79 Å². The van der Waals surface area contributed by atoms with E-state index in [1.54, 1.807) is 32.8 Å². The molecule has 3 amide bonds. The number of benzene rings is 1. The van der Waals surface area contributed by atoms with Gasteiger partial charge in [0.05, 0.1) is 0 Å². The summed E-state index contributed by atoms with van der Waals surface area (Å²) in [5.41, 5.74) is 1.17. The highest BCUT2D eigenvalue weighted by atomic mass is 32.2. The van der Waals surface area contributed by atoms with Gasteiger partial charge in [0.2, 0.25) is 0 Å². The maximum absolute atomic E-state index is 12.6. The summed E-state index contributed by atoms with van der Waals surface area (Å²) in [6.07, 6.45) is 3.52. The number of hydrogen-bond donors (Lipinski definition) is 1. The minimum atomic E-state index is -0.156. The molecule has 0 aliphatic carbocycles. The van der Waals surface area contributed by atoms with Crippen molar-refractivity contribution in [3.63, 3.8) is 0 Å². The van der Waals surface area contributed by atoms with Crippen molar-refractivity contribution in [1.82, 2.24) is 14.8 Å². The van der Waals surface area contributed by atoms with Crippen molar-refractivity contribution in [3.8, 4) is 0 Å². The maximum Gasteiger partial charge on any atom is 0.321 e. The lowest BCUT2D eigenvalue weighted by molar-refractivity contribution is 0.0821. The van der Waals surface area contributed by atoms with E-state index < -0.39 is 0 Å². The van der Waals surface area contributed by atoms with Crippen molar-refractivity contribution in [2.75, 3.05) is 38.8 Å². The number of thioether (sulfide) groups is 1. The molecule has 1 aliphatic heterocycles. The smallest absolute Gasteiger partial charge is 0.321 e. The lowest BCUT2D eigenvalue weighted by Gasteiger charge is -2.30. The van der Waals surface area contributed by atoms with Crippen molar-refractivity contribution >= 4 is 29.4 Å². The Hall–Kier alpha value is -2.48. The fourth-order valence-electron chi connectivity index (χ4n) is 3.23. The lowest BCUT2D eigenvalue weighted by atomic mass is 9.97. The van der Waals surface area contributed by atoms with Gasteiger partial charge in [-0.25, -0.2) is 9.78 Å². The molecule has 7 nitrogen and oxygen atoms in total. The number of oxazole rings is 1. The van der Waals surface area contributed by atoms with E-state index >= 15 is 0 Å². The number of carbonyl (C=O) groups excluding carboxylic acids is 2. The third kappa shape index (κ3) is 4.49. The van der Waals surface area contributed by atoms with E-state index in [2.05, 4.69) is 10.3 Å². The Balaban J connectivity index is 1.59. The second kappa shape index (κ2) is 8.68. The van der Waals surface area contributed by atoms with Gasteiger partial charge in [0, 0.05) is 43.7 Å². The molecule has 1 saturated heterocycles. The van der Waals surface area contributed by atoms with Gasteiger partial charge in [-0.05, 0) is 44.2 Å². The summed E-state index contributed by atoms with van der Waals surface area (Å²) in [6.45, 7) is 3.01. The van der Waals surface area contributed by atoms with Crippen molar-refractivity contribution in [2.45, 2.75) is 30.6 Å². The van der Waals surface area contributed by atoms with Crippen LogP contribution in [0.15, 0.2) is 33.6 Å². The summed E-state index contributed by atoms with van der Waals surface area (Å²) in [7, 11) is 3.39. The molecule has 8 heteroatoms. The average Bonchev–Trinajstić information content (AvgIpc) is 3.09. The van der Waals surface area contributed by atoms with Crippen LogP contribution < -0.4 is 5.32 Å². The van der Waals surface area contributed by atoms with Crippen molar-refractivity contribution < 1.29 is 14.0 Å². The third-order valence-corrected chi connectivity index (χ3v) is 5.60. The van der Waals surface area contributed by atoms with Crippen LogP contribution in [0.25, 0.3) is 0 Å². The van der Waals surface area contributed by atoms with Crippen molar-refractivity contribution in [3.05, 3.63) is 41.6 Å². The van der Waals surface area contributed by atoms with Gasteiger partial charge >= 0.3 is 6.03 Å². The summed E-state index contributed by atoms with van der Waals surface area (Å²) in [6, 6.07) is 7.71. The first-order chi connectivity index (χ1) is 13.4. The van der Waals surface area contributed by atoms with E-state index in [-0.39, 0.29) is 17.9 Å². The molecule has 28 heavy (non-hydrogen) atoms. The number of likely N-dealkylation sites (tertiary alicyclic amines) is 1. The number of urea groups is 1. The van der Waals surface area contributed by atoms with Crippen molar-refractivity contribution in [1.29, 1.82) is 0 Å². The number of anilines is 1. The molecular formula is C20H26N4O3S. The second-order valence-corrected chi connectivity index (χ2v) is 7.96. The topological polar surface area (TPSA) is 78.7 Å². The average molecular weight is 403 g/mol. The zero-order valence-corrected chi connectivity index (χ0v) is 17.5. The number of aryl methyl sites for hydroxylation is 1. The number of amides is 3. The van der Waals surface area contributed by atoms with Crippen LogP contribution in [-0.4, -0.2) is 60.2 Å². The first kappa shape index (κ1) is 20.3. The van der Waals surface area contributed by atoms with Crippen LogP contribution >= 0.6 is 11.8 Å². The minimum absolute atomic E-state index is 0.0937. The van der Waals surface area contributed by atoms with Crippen LogP contribution in [0.5, 0.6) is 0 Å². The molecule has 2 aromatic rings. The van der Waals surface area contributed by atoms with Crippen LogP contribution in [-0.2, 0) is 0 Å². The molecule has 1 fully saturated rings. The van der Waals surface area contributed by atoms with E-state index in [4.69, 9.17) is 4.42 Å². The maximum atomic E-state index is 12.6. The molecular weight excluding hydrogens is 376 g/mol. The highest BCUT2D eigenvalue weighted by molar-refractivity contribution is 7.98. The van der Waals surface area contributed by atoms with Gasteiger partial charge in [-0.15, -0.1) is 11.8 Å². The van der Waals surface area contributed by atoms with Crippen LogP contribution in [0.4, 0.5) is 10.5 Å². The number of hydrogen-bond acceptors (Lipinski definition) is 5. The molecule has 1 aromatic carbocycles. The molecule has 2 heterocycles. The quantitative estimate of drug-likeness (QED) is 0.787. The summed E-state index contributed by atoms with van der Waals surface area (Å²) in [5, 5.41) is 2.97. The molecule has 0 saturated carbocycles. The summed E-state index contributed by atoms with van der Waals surface area (Å²) < 4.78 is 5.76. The molecule has 0 unspecified atom stereocenters. The number of nitrogens with one attached hydrogen (secondary N) is 1. The van der Waals surface area contributed by atoms with Gasteiger partial charge in [-0.1, -0.05) is 6.07 Å². The second-order valence-electron chi connectivity index (χ2n) is 7.08. The lowest BCUT2D eigenvalue weighted by Crippen LogP contribution is -2.40. The normalized spacial score (nSPS) is 14.8. The van der Waals surface area contributed by atoms with Crippen LogP contribution in [0, 0.1) is 6.92 Å². The van der Waals surface area contributed by atoms with E-state index in [1.165, 1.54) is 4.90 Å².